The van der Waals surface area contributed by atoms with Crippen LogP contribution in [0.5, 0.6) is 0 Å². The molecule has 0 unspecified atom stereocenters. The van der Waals surface area contributed by atoms with E-state index in [-0.39, 0.29) is 10.2 Å². The van der Waals surface area contributed by atoms with E-state index in [4.69, 9.17) is 0 Å². The highest BCUT2D eigenvalue weighted by Crippen LogP contribution is 2.37. The van der Waals surface area contributed by atoms with E-state index in [1.165, 1.54) is 23.5 Å². The first-order valence-electron chi connectivity index (χ1n) is 8.23. The van der Waals surface area contributed by atoms with Crippen LogP contribution in [0.15, 0.2) is 91.6 Å². The van der Waals surface area contributed by atoms with Gasteiger partial charge in [-0.05, 0) is 84.7 Å². The zero-order valence-electron chi connectivity index (χ0n) is 14.5. The van der Waals surface area contributed by atoms with Crippen LogP contribution in [0.4, 0.5) is 0 Å². The first-order valence-corrected chi connectivity index (χ1v) is 11.5. The van der Waals surface area contributed by atoms with Crippen molar-refractivity contribution in [2.24, 2.45) is 0 Å². The van der Waals surface area contributed by atoms with Crippen molar-refractivity contribution in [2.75, 3.05) is 0 Å². The smallest absolute Gasteiger partial charge is 0.231 e. The minimum Gasteiger partial charge on any atom is -0.282 e. The van der Waals surface area contributed by atoms with Gasteiger partial charge in [0.05, 0.1) is 4.48 Å². The van der Waals surface area contributed by atoms with Crippen LogP contribution in [0.1, 0.15) is 11.1 Å². The molecule has 0 atom stereocenters. The molecule has 0 fully saturated rings. The maximum Gasteiger partial charge on any atom is 0.231 e. The number of hydrogen-bond donors (Lipinski definition) is 0. The fourth-order valence-electron chi connectivity index (χ4n) is 2.31. The maximum atomic E-state index is 11.2. The topological polar surface area (TPSA) is 34.1 Å². The van der Waals surface area contributed by atoms with Gasteiger partial charge in [-0.2, -0.15) is 0 Å². The lowest BCUT2D eigenvalue weighted by Crippen LogP contribution is -1.79. The highest BCUT2D eigenvalue weighted by Gasteiger charge is 2.17. The van der Waals surface area contributed by atoms with Crippen LogP contribution < -0.4 is 0 Å². The molecular formula is C22H14Br2O2S2. The van der Waals surface area contributed by atoms with Crippen molar-refractivity contribution < 1.29 is 9.59 Å². The average Bonchev–Trinajstić information content (AvgIpc) is 3.17. The first-order chi connectivity index (χ1) is 13.5. The van der Waals surface area contributed by atoms with Crippen LogP contribution in [-0.2, 0) is 9.59 Å². The summed E-state index contributed by atoms with van der Waals surface area (Å²) >= 11 is 9.06. The van der Waals surface area contributed by atoms with Gasteiger partial charge in [-0.25, -0.2) is 0 Å². The van der Waals surface area contributed by atoms with Crippen LogP contribution in [-0.4, -0.2) is 10.2 Å². The van der Waals surface area contributed by atoms with Crippen molar-refractivity contribution in [1.29, 1.82) is 0 Å². The predicted octanol–water partition coefficient (Wildman–Crippen LogP) is 7.16. The van der Waals surface area contributed by atoms with Crippen molar-refractivity contribution >= 4 is 77.8 Å². The normalized spacial score (nSPS) is 18.8. The molecule has 0 aliphatic carbocycles. The molecule has 0 saturated heterocycles. The molecule has 0 radical (unpaired) electrons. The molecule has 2 aromatic rings. The molecule has 0 N–H and O–H groups in total. The van der Waals surface area contributed by atoms with Crippen molar-refractivity contribution in [2.45, 2.75) is 0 Å². The number of rotatable bonds is 2. The Bertz CT molecular complexity index is 1010. The second-order valence-corrected chi connectivity index (χ2v) is 9.47. The second kappa shape index (κ2) is 10.3. The number of thioether (sulfide) groups is 2. The fourth-order valence-corrected chi connectivity index (χ4v) is 5.16. The third-order valence-corrected chi connectivity index (χ3v) is 7.09. The van der Waals surface area contributed by atoms with Gasteiger partial charge >= 0.3 is 0 Å². The van der Waals surface area contributed by atoms with Crippen molar-refractivity contribution in [3.05, 3.63) is 103 Å². The van der Waals surface area contributed by atoms with E-state index in [1.807, 2.05) is 78.9 Å². The van der Waals surface area contributed by atoms with Crippen LogP contribution in [0.2, 0.25) is 0 Å². The number of carbonyl (C=O) groups excluding carboxylic acids is 2. The Labute approximate surface area is 189 Å². The summed E-state index contributed by atoms with van der Waals surface area (Å²) in [5, 5.41) is 0.159. The molecule has 4 rings (SSSR count). The lowest BCUT2D eigenvalue weighted by atomic mass is 10.2. The minimum atomic E-state index is 0.0761. The summed E-state index contributed by atoms with van der Waals surface area (Å²) < 4.78 is 1.51. The largest absolute Gasteiger partial charge is 0.282 e. The molecule has 28 heavy (non-hydrogen) atoms. The van der Waals surface area contributed by atoms with Gasteiger partial charge in [-0.15, -0.1) is 0 Å². The predicted molar refractivity (Wildman–Crippen MR) is 128 cm³/mol. The van der Waals surface area contributed by atoms with Gasteiger partial charge in [0.25, 0.3) is 0 Å². The molecule has 0 amide bonds. The number of halogens is 2. The van der Waals surface area contributed by atoms with Gasteiger partial charge in [0.2, 0.25) is 10.2 Å². The third-order valence-electron chi connectivity index (χ3n) is 3.57. The Morgan fingerprint density at radius 1 is 0.679 bits per heavy atom. The van der Waals surface area contributed by atoms with Gasteiger partial charge < -0.3 is 0 Å². The zero-order valence-corrected chi connectivity index (χ0v) is 19.3. The minimum absolute atomic E-state index is 0.0761. The van der Waals surface area contributed by atoms with Crippen LogP contribution in [0, 0.1) is 0 Å². The first kappa shape index (κ1) is 21.1. The summed E-state index contributed by atoms with van der Waals surface area (Å²) in [4.78, 5) is 24.2. The summed E-state index contributed by atoms with van der Waals surface area (Å²) in [6, 6.07) is 19.9. The Morgan fingerprint density at radius 3 is 1.71 bits per heavy atom. The molecule has 0 spiro atoms. The fraction of sp³-hybridized carbons (Fsp3) is 0. The van der Waals surface area contributed by atoms with E-state index in [1.54, 1.807) is 6.08 Å². The summed E-state index contributed by atoms with van der Waals surface area (Å²) in [6.07, 6.45) is 7.44. The van der Waals surface area contributed by atoms with E-state index in [9.17, 15) is 9.59 Å². The van der Waals surface area contributed by atoms with Gasteiger partial charge in [-0.1, -0.05) is 60.7 Å². The standard InChI is InChI=1S/2C11H7BrOS/c12-9-7-11(13)14-10(9)6-8-4-2-1-3-5-8;12-10-7-9(14-11(10)13)6-8-4-2-1-3-5-8/h2*1-7H/b10-6+;9-6+. The van der Waals surface area contributed by atoms with Crippen LogP contribution >= 0.6 is 55.4 Å². The van der Waals surface area contributed by atoms with E-state index in [0.717, 1.165) is 25.4 Å². The summed E-state index contributed by atoms with van der Waals surface area (Å²) in [5.41, 5.74) is 2.22. The third kappa shape index (κ3) is 6.21. The van der Waals surface area contributed by atoms with E-state index < -0.39 is 0 Å². The molecule has 0 aromatic heterocycles. The highest BCUT2D eigenvalue weighted by atomic mass is 79.9. The lowest BCUT2D eigenvalue weighted by Gasteiger charge is -1.96. The Hall–Kier alpha value is -1.60. The Morgan fingerprint density at radius 2 is 1.25 bits per heavy atom. The summed E-state index contributed by atoms with van der Waals surface area (Å²) in [6.45, 7) is 0. The van der Waals surface area contributed by atoms with Gasteiger partial charge in [0.1, 0.15) is 0 Å². The molecule has 2 aromatic carbocycles. The average molecular weight is 534 g/mol. The quantitative estimate of drug-likeness (QED) is 0.410. The number of hydrogen-bond acceptors (Lipinski definition) is 4. The maximum absolute atomic E-state index is 11.2. The molecule has 140 valence electrons. The van der Waals surface area contributed by atoms with Crippen LogP contribution in [0.25, 0.3) is 12.2 Å². The van der Waals surface area contributed by atoms with E-state index in [0.29, 0.717) is 4.48 Å². The molecular weight excluding hydrogens is 520 g/mol. The SMILES string of the molecule is O=C1C=C(Br)/C(=C\c2ccccc2)S1.O=C1S/C(=C/c2ccccc2)C=C1Br. The van der Waals surface area contributed by atoms with Crippen molar-refractivity contribution in [3.8, 4) is 0 Å². The van der Waals surface area contributed by atoms with Crippen LogP contribution in [0.3, 0.4) is 0 Å². The lowest BCUT2D eigenvalue weighted by molar-refractivity contribution is -0.107. The van der Waals surface area contributed by atoms with Gasteiger partial charge in [0.15, 0.2) is 0 Å². The van der Waals surface area contributed by atoms with Gasteiger partial charge in [0, 0.05) is 20.4 Å². The van der Waals surface area contributed by atoms with Gasteiger partial charge in [-0.3, -0.25) is 9.59 Å². The van der Waals surface area contributed by atoms with E-state index >= 15 is 0 Å². The molecule has 6 heteroatoms. The Balaban J connectivity index is 0.000000161. The number of allylic oxidation sites excluding steroid dienone is 2. The molecule has 0 bridgehead atoms. The molecule has 0 saturated carbocycles. The highest BCUT2D eigenvalue weighted by molar-refractivity contribution is 9.12. The zero-order chi connectivity index (χ0) is 19.9. The monoisotopic (exact) mass is 532 g/mol. The van der Waals surface area contributed by atoms with E-state index in [2.05, 4.69) is 31.9 Å². The number of benzene rings is 2. The molecule has 2 aliphatic rings. The Kier molecular flexibility index (Phi) is 7.73. The summed E-state index contributed by atoms with van der Waals surface area (Å²) in [7, 11) is 0. The van der Waals surface area contributed by atoms with Crippen molar-refractivity contribution in [1.82, 2.24) is 0 Å². The summed E-state index contributed by atoms with van der Waals surface area (Å²) in [5.74, 6) is 0. The number of carbonyl (C=O) groups is 2. The second-order valence-electron chi connectivity index (χ2n) is 5.67. The molecule has 2 aliphatic heterocycles. The molecule has 2 heterocycles. The van der Waals surface area contributed by atoms with Crippen molar-refractivity contribution in [3.63, 3.8) is 0 Å². The molecule has 2 nitrogen and oxygen atoms in total.